The molecular weight excluding hydrogens is 878 g/mol. The minimum Gasteiger partial charge on any atom is -0.494 e. The maximum Gasteiger partial charge on any atom is 0.369 e. The minimum absolute atomic E-state index is 0.101. The number of ether oxygens (including phenoxy) is 2. The second kappa shape index (κ2) is 20.4. The smallest absolute Gasteiger partial charge is 0.369 e. The van der Waals surface area contributed by atoms with E-state index in [2.05, 4.69) is 5.16 Å². The lowest BCUT2D eigenvalue weighted by atomic mass is 10.1. The van der Waals surface area contributed by atoms with Gasteiger partial charge in [-0.1, -0.05) is 53.7 Å². The van der Waals surface area contributed by atoms with Crippen molar-refractivity contribution in [2.45, 2.75) is 29.4 Å². The Hall–Kier alpha value is -5.46. The van der Waals surface area contributed by atoms with E-state index < -0.39 is 48.7 Å². The van der Waals surface area contributed by atoms with Gasteiger partial charge < -0.3 is 48.8 Å². The molecule has 0 aliphatic heterocycles. The van der Waals surface area contributed by atoms with Crippen molar-refractivity contribution < 1.29 is 66.1 Å². The third-order valence-electron chi connectivity index (χ3n) is 9.92. The van der Waals surface area contributed by atoms with Crippen molar-refractivity contribution in [2.24, 2.45) is 5.16 Å². The maximum absolute atomic E-state index is 13.8. The number of rotatable bonds is 20. The Labute approximate surface area is 364 Å². The van der Waals surface area contributed by atoms with Crippen LogP contribution in [0.3, 0.4) is 0 Å². The maximum atomic E-state index is 13.8. The first-order valence-electron chi connectivity index (χ1n) is 19.2. The zero-order valence-electron chi connectivity index (χ0n) is 34.7. The molecule has 0 saturated heterocycles. The Bertz CT molecular complexity index is 2630. The first-order chi connectivity index (χ1) is 29.6. The number of carbonyl (C=O) groups is 2. The number of aliphatic hydroxyl groups is 1. The average molecular weight is 927 g/mol. The Morgan fingerprint density at radius 1 is 0.762 bits per heavy atom. The van der Waals surface area contributed by atoms with Gasteiger partial charge in [-0.15, -0.1) is 0 Å². The van der Waals surface area contributed by atoms with Crippen LogP contribution in [0.15, 0.2) is 119 Å². The lowest BCUT2D eigenvalue weighted by molar-refractivity contribution is 0.0469. The largest absolute Gasteiger partial charge is 0.494 e. The summed E-state index contributed by atoms with van der Waals surface area (Å²) in [6, 6.07) is 29.6. The number of benzene rings is 5. The van der Waals surface area contributed by atoms with Crippen LogP contribution in [0.4, 0.5) is 11.4 Å². The molecule has 5 rings (SSSR count). The average Bonchev–Trinajstić information content (AvgIpc) is 3.24. The van der Waals surface area contributed by atoms with E-state index in [4.69, 9.17) is 14.3 Å². The van der Waals surface area contributed by atoms with E-state index in [0.29, 0.717) is 40.9 Å². The fourth-order valence-corrected chi connectivity index (χ4v) is 9.79. The van der Waals surface area contributed by atoms with Crippen LogP contribution >= 0.6 is 15.2 Å². The van der Waals surface area contributed by atoms with Gasteiger partial charge in [-0.25, -0.2) is 18.0 Å². The van der Waals surface area contributed by atoms with Crippen LogP contribution in [0.5, 0.6) is 5.75 Å². The van der Waals surface area contributed by atoms with Gasteiger partial charge in [-0.3, -0.25) is 13.4 Å². The summed E-state index contributed by atoms with van der Waals surface area (Å²) in [6.45, 7) is 0.218. The molecule has 0 aliphatic rings. The highest BCUT2D eigenvalue weighted by Crippen LogP contribution is 2.68. The zero-order valence-corrected chi connectivity index (χ0v) is 37.3. The summed E-state index contributed by atoms with van der Waals surface area (Å²) >= 11 is 0. The fourth-order valence-electron chi connectivity index (χ4n) is 6.25. The molecule has 0 aromatic heterocycles. The standard InChI is InChI=1S/C42H48N4O14P2S/c1-44(2)38-13-6-12-37-36(38)11-7-14-39(37)63(56,57)46(4)34-21-19-32(20-22-34)40(47)59-29-30-15-17-33(18-16-30)41(48)60-43-28-31-9-5-10-35(27-31)58-26-8-24-45(3)25-23-42(49,61(50,51)52)62(53,54)55/h5-7,9-22,27-28,49H,8,23-26,29H2,1-4H3,(H2,50,51,52)(H2,53,54,55)/b43-28+. The molecule has 0 saturated carbocycles. The first kappa shape index (κ1) is 48.6. The number of hydrogen-bond acceptors (Lipinski definition) is 13. The van der Waals surface area contributed by atoms with Crippen LogP contribution in [-0.4, -0.2) is 109 Å². The van der Waals surface area contributed by atoms with Crippen LogP contribution in [-0.2, 0) is 35.3 Å². The van der Waals surface area contributed by atoms with Gasteiger partial charge in [0, 0.05) is 57.1 Å². The number of fused-ring (bicyclic) bond motifs is 1. The summed E-state index contributed by atoms with van der Waals surface area (Å²) < 4.78 is 63.0. The predicted molar refractivity (Wildman–Crippen MR) is 237 cm³/mol. The number of oxime groups is 1. The lowest BCUT2D eigenvalue weighted by Gasteiger charge is -2.30. The molecule has 0 radical (unpaired) electrons. The first-order valence-corrected chi connectivity index (χ1v) is 23.8. The van der Waals surface area contributed by atoms with E-state index in [1.807, 2.05) is 37.2 Å². The van der Waals surface area contributed by atoms with Gasteiger partial charge in [0.25, 0.3) is 15.1 Å². The van der Waals surface area contributed by atoms with Crippen LogP contribution in [0.25, 0.3) is 10.8 Å². The van der Waals surface area contributed by atoms with E-state index in [9.17, 15) is 51.8 Å². The van der Waals surface area contributed by atoms with Crippen LogP contribution in [0.2, 0.25) is 0 Å². The number of hydrogen-bond donors (Lipinski definition) is 5. The van der Waals surface area contributed by atoms with Crippen molar-refractivity contribution in [3.05, 3.63) is 131 Å². The van der Waals surface area contributed by atoms with Crippen LogP contribution < -0.4 is 13.9 Å². The molecule has 63 heavy (non-hydrogen) atoms. The molecule has 0 fully saturated rings. The number of nitrogens with zero attached hydrogens (tertiary/aromatic N) is 4. The van der Waals surface area contributed by atoms with Gasteiger partial charge in [-0.05, 0) is 85.3 Å². The van der Waals surface area contributed by atoms with Gasteiger partial charge >= 0.3 is 27.1 Å². The van der Waals surface area contributed by atoms with Gasteiger partial charge in [0.1, 0.15) is 12.4 Å². The van der Waals surface area contributed by atoms with E-state index in [-0.39, 0.29) is 35.8 Å². The molecule has 0 aliphatic carbocycles. The number of anilines is 2. The molecule has 0 amide bonds. The highest BCUT2D eigenvalue weighted by atomic mass is 32.2. The van der Waals surface area contributed by atoms with Crippen LogP contribution in [0.1, 0.15) is 44.7 Å². The second-order valence-corrected chi connectivity index (χ2v) is 20.6. The number of sulfonamides is 1. The van der Waals surface area contributed by atoms with Crippen LogP contribution in [0, 0.1) is 0 Å². The normalized spacial score (nSPS) is 12.4. The molecule has 0 unspecified atom stereocenters. The Morgan fingerprint density at radius 2 is 1.37 bits per heavy atom. The summed E-state index contributed by atoms with van der Waals surface area (Å²) in [5.74, 6) is -0.904. The van der Waals surface area contributed by atoms with Crippen molar-refractivity contribution in [1.29, 1.82) is 0 Å². The monoisotopic (exact) mass is 926 g/mol. The fraction of sp³-hybridized carbons (Fsp3) is 0.262. The summed E-state index contributed by atoms with van der Waals surface area (Å²) in [7, 11) is -8.23. The quantitative estimate of drug-likeness (QED) is 0.0164. The highest BCUT2D eigenvalue weighted by molar-refractivity contribution is 7.93. The summed E-state index contributed by atoms with van der Waals surface area (Å²) in [4.78, 5) is 71.3. The van der Waals surface area contributed by atoms with E-state index in [1.54, 1.807) is 61.6 Å². The molecule has 0 heterocycles. The summed E-state index contributed by atoms with van der Waals surface area (Å²) in [5.41, 5.74) is 2.78. The van der Waals surface area contributed by atoms with Gasteiger partial charge in [0.2, 0.25) is 0 Å². The predicted octanol–water partition coefficient (Wildman–Crippen LogP) is 5.37. The van der Waals surface area contributed by atoms with Crippen molar-refractivity contribution in [2.75, 3.05) is 57.1 Å². The Balaban J connectivity index is 1.06. The van der Waals surface area contributed by atoms with Crippen molar-refractivity contribution >= 4 is 65.5 Å². The summed E-state index contributed by atoms with van der Waals surface area (Å²) in [6.07, 6.45) is 0.883. The van der Waals surface area contributed by atoms with Gasteiger partial charge in [-0.2, -0.15) is 0 Å². The molecule has 0 atom stereocenters. The third kappa shape index (κ3) is 12.0. The lowest BCUT2D eigenvalue weighted by Crippen LogP contribution is -2.34. The second-order valence-electron chi connectivity index (χ2n) is 14.6. The molecule has 0 bridgehead atoms. The van der Waals surface area contributed by atoms with Crippen molar-refractivity contribution in [3.8, 4) is 5.75 Å². The highest BCUT2D eigenvalue weighted by Gasteiger charge is 2.58. The minimum atomic E-state index is -5.53. The summed E-state index contributed by atoms with van der Waals surface area (Å²) in [5, 5.41) is 11.7. The zero-order chi connectivity index (χ0) is 46.2. The Morgan fingerprint density at radius 3 is 2.02 bits per heavy atom. The van der Waals surface area contributed by atoms with Crippen molar-refractivity contribution in [1.82, 2.24) is 4.90 Å². The third-order valence-corrected chi connectivity index (χ3v) is 15.6. The molecule has 21 heteroatoms. The number of carbonyl (C=O) groups excluding carboxylic acids is 2. The Kier molecular flexibility index (Phi) is 15.7. The molecule has 0 spiro atoms. The van der Waals surface area contributed by atoms with Gasteiger partial charge in [0.05, 0.1) is 34.5 Å². The molecule has 5 aromatic rings. The van der Waals surface area contributed by atoms with E-state index >= 15 is 0 Å². The van der Waals surface area contributed by atoms with Gasteiger partial charge in [0.15, 0.2) is 0 Å². The SMILES string of the molecule is CN(CCCOc1cccc(/C=N/OC(=O)c2ccc(COC(=O)c3ccc(N(C)S(=O)(=O)c4cccc5c(N(C)C)cccc45)cc3)cc2)c1)CCC(O)(P(=O)(O)O)P(=O)(O)O. The molecule has 336 valence electrons. The molecule has 5 N–H and O–H groups in total. The molecule has 5 aromatic carbocycles. The molecular formula is C42H48N4O14P2S. The van der Waals surface area contributed by atoms with Crippen molar-refractivity contribution in [3.63, 3.8) is 0 Å². The molecule has 18 nitrogen and oxygen atoms in total. The van der Waals surface area contributed by atoms with E-state index in [1.165, 1.54) is 54.6 Å². The topological polar surface area (TPSA) is 253 Å². The van der Waals surface area contributed by atoms with E-state index in [0.717, 1.165) is 15.4 Å². The number of esters is 1.